The van der Waals surface area contributed by atoms with Gasteiger partial charge in [0.1, 0.15) is 0 Å². The van der Waals surface area contributed by atoms with E-state index in [0.29, 0.717) is 11.5 Å². The zero-order valence-corrected chi connectivity index (χ0v) is 10.5. The maximum absolute atomic E-state index is 6.24. The molecule has 2 aliphatic rings. The van der Waals surface area contributed by atoms with Crippen LogP contribution in [0.3, 0.4) is 0 Å². The lowest BCUT2D eigenvalue weighted by molar-refractivity contribution is -0.108. The Bertz CT molecular complexity index is 261. The lowest BCUT2D eigenvalue weighted by Gasteiger charge is -2.40. The number of fused-ring (bicyclic) bond motifs is 1. The summed E-state index contributed by atoms with van der Waals surface area (Å²) in [5.74, 6) is 0.763. The number of hydrogen-bond acceptors (Lipinski definition) is 1. The van der Waals surface area contributed by atoms with E-state index in [-0.39, 0.29) is 5.60 Å². The van der Waals surface area contributed by atoms with Crippen LogP contribution in [0.5, 0.6) is 0 Å². The molecular weight excluding hydrogens is 184 g/mol. The molecule has 0 heterocycles. The molecule has 15 heavy (non-hydrogen) atoms. The first-order chi connectivity index (χ1) is 6.92. The second kappa shape index (κ2) is 3.62. The quantitative estimate of drug-likeness (QED) is 0.593. The number of hydrogen-bond donors (Lipinski definition) is 0. The molecule has 1 nitrogen and oxygen atoms in total. The van der Waals surface area contributed by atoms with Gasteiger partial charge >= 0.3 is 0 Å². The van der Waals surface area contributed by atoms with Gasteiger partial charge in [-0.25, -0.2) is 0 Å². The van der Waals surface area contributed by atoms with Crippen molar-refractivity contribution in [2.45, 2.75) is 65.1 Å². The summed E-state index contributed by atoms with van der Waals surface area (Å²) >= 11 is 0. The van der Waals surface area contributed by atoms with Gasteiger partial charge in [-0.1, -0.05) is 19.1 Å². The molecule has 1 fully saturated rings. The largest absolute Gasteiger partial charge is 0.372 e. The van der Waals surface area contributed by atoms with Crippen molar-refractivity contribution in [1.29, 1.82) is 0 Å². The molecule has 2 rings (SSSR count). The lowest BCUT2D eigenvalue weighted by atomic mass is 9.71. The first-order valence-corrected chi connectivity index (χ1v) is 6.26. The Kier molecular flexibility index (Phi) is 2.70. The average molecular weight is 208 g/mol. The third-order valence-corrected chi connectivity index (χ3v) is 4.04. The molecule has 1 heteroatoms. The number of allylic oxidation sites excluding steroid dienone is 2. The predicted molar refractivity (Wildman–Crippen MR) is 63.8 cm³/mol. The van der Waals surface area contributed by atoms with E-state index in [1.165, 1.54) is 25.7 Å². The topological polar surface area (TPSA) is 9.23 Å². The zero-order valence-electron chi connectivity index (χ0n) is 10.5. The maximum Gasteiger partial charge on any atom is 0.0641 e. The molecular formula is C14H24O. The maximum atomic E-state index is 6.24. The second-order valence-corrected chi connectivity index (χ2v) is 6.38. The molecule has 0 spiro atoms. The van der Waals surface area contributed by atoms with E-state index in [0.717, 1.165) is 5.92 Å². The molecule has 1 saturated carbocycles. The van der Waals surface area contributed by atoms with Crippen molar-refractivity contribution in [2.75, 3.05) is 0 Å². The average Bonchev–Trinajstić information content (AvgIpc) is 2.41. The van der Waals surface area contributed by atoms with Crippen LogP contribution < -0.4 is 0 Å². The summed E-state index contributed by atoms with van der Waals surface area (Å²) in [5, 5.41) is 0. The SMILES string of the molecule is CC(C)(C)O[C@H]1CC[C@H]2C=CCC[C@@]21C. The highest BCUT2D eigenvalue weighted by Crippen LogP contribution is 2.51. The van der Waals surface area contributed by atoms with Gasteiger partial charge in [-0.15, -0.1) is 0 Å². The Morgan fingerprint density at radius 3 is 2.67 bits per heavy atom. The van der Waals surface area contributed by atoms with Crippen molar-refractivity contribution >= 4 is 0 Å². The summed E-state index contributed by atoms with van der Waals surface area (Å²) in [6.45, 7) is 8.93. The van der Waals surface area contributed by atoms with Crippen LogP contribution in [0.15, 0.2) is 12.2 Å². The molecule has 0 aliphatic heterocycles. The summed E-state index contributed by atoms with van der Waals surface area (Å²) in [6, 6.07) is 0. The Hall–Kier alpha value is -0.300. The Balaban J connectivity index is 2.12. The fraction of sp³-hybridized carbons (Fsp3) is 0.857. The number of ether oxygens (including phenoxy) is 1. The van der Waals surface area contributed by atoms with Crippen LogP contribution in [0.2, 0.25) is 0 Å². The third-order valence-electron chi connectivity index (χ3n) is 4.04. The summed E-state index contributed by atoms with van der Waals surface area (Å²) in [6.07, 6.45) is 10.3. The standard InChI is InChI=1S/C14H24O/c1-13(2,3)15-12-9-8-11-7-5-6-10-14(11,12)4/h5,7,11-12H,6,8-10H2,1-4H3/t11-,12+,14+/m1/s1. The zero-order chi connectivity index (χ0) is 11.1. The van der Waals surface area contributed by atoms with Crippen LogP contribution in [-0.4, -0.2) is 11.7 Å². The van der Waals surface area contributed by atoms with Gasteiger partial charge in [0.05, 0.1) is 11.7 Å². The molecule has 0 aromatic carbocycles. The third kappa shape index (κ3) is 2.13. The molecule has 3 atom stereocenters. The summed E-state index contributed by atoms with van der Waals surface area (Å²) in [5.41, 5.74) is 0.408. The highest BCUT2D eigenvalue weighted by Gasteiger charge is 2.47. The molecule has 0 aromatic heterocycles. The van der Waals surface area contributed by atoms with Gasteiger partial charge in [0.2, 0.25) is 0 Å². The molecule has 0 unspecified atom stereocenters. The molecule has 0 aromatic rings. The van der Waals surface area contributed by atoms with Crippen molar-refractivity contribution < 1.29 is 4.74 Å². The van der Waals surface area contributed by atoms with E-state index in [9.17, 15) is 0 Å². The van der Waals surface area contributed by atoms with E-state index in [4.69, 9.17) is 4.74 Å². The van der Waals surface area contributed by atoms with Gasteiger partial charge in [0, 0.05) is 5.41 Å². The lowest BCUT2D eigenvalue weighted by Crippen LogP contribution is -2.39. The van der Waals surface area contributed by atoms with Gasteiger partial charge in [-0.3, -0.25) is 0 Å². The molecule has 86 valence electrons. The Morgan fingerprint density at radius 2 is 2.00 bits per heavy atom. The van der Waals surface area contributed by atoms with Gasteiger partial charge in [0.15, 0.2) is 0 Å². The monoisotopic (exact) mass is 208 g/mol. The summed E-state index contributed by atoms with van der Waals surface area (Å²) in [7, 11) is 0. The van der Waals surface area contributed by atoms with Crippen LogP contribution in [0.4, 0.5) is 0 Å². The highest BCUT2D eigenvalue weighted by molar-refractivity contribution is 5.09. The molecule has 2 aliphatic carbocycles. The van der Waals surface area contributed by atoms with E-state index < -0.39 is 0 Å². The fourth-order valence-electron chi connectivity index (χ4n) is 3.17. The van der Waals surface area contributed by atoms with Gasteiger partial charge < -0.3 is 4.74 Å². The van der Waals surface area contributed by atoms with Crippen molar-refractivity contribution in [3.05, 3.63) is 12.2 Å². The van der Waals surface area contributed by atoms with Crippen LogP contribution in [0, 0.1) is 11.3 Å². The van der Waals surface area contributed by atoms with E-state index in [2.05, 4.69) is 39.8 Å². The van der Waals surface area contributed by atoms with Gasteiger partial charge in [-0.05, 0) is 52.4 Å². The van der Waals surface area contributed by atoms with Crippen LogP contribution >= 0.6 is 0 Å². The minimum atomic E-state index is 0.00370. The first kappa shape index (κ1) is 11.2. The summed E-state index contributed by atoms with van der Waals surface area (Å²) in [4.78, 5) is 0. The van der Waals surface area contributed by atoms with Crippen molar-refractivity contribution in [3.8, 4) is 0 Å². The number of rotatable bonds is 1. The van der Waals surface area contributed by atoms with E-state index in [1.807, 2.05) is 0 Å². The first-order valence-electron chi connectivity index (χ1n) is 6.26. The van der Waals surface area contributed by atoms with Crippen LogP contribution in [0.25, 0.3) is 0 Å². The summed E-state index contributed by atoms with van der Waals surface area (Å²) < 4.78 is 6.24. The normalized spacial score (nSPS) is 40.5. The molecule has 0 N–H and O–H groups in total. The fourth-order valence-corrected chi connectivity index (χ4v) is 3.17. The van der Waals surface area contributed by atoms with Gasteiger partial charge in [-0.2, -0.15) is 0 Å². The second-order valence-electron chi connectivity index (χ2n) is 6.38. The molecule has 0 amide bonds. The smallest absolute Gasteiger partial charge is 0.0641 e. The van der Waals surface area contributed by atoms with Gasteiger partial charge in [0.25, 0.3) is 0 Å². The highest BCUT2D eigenvalue weighted by atomic mass is 16.5. The van der Waals surface area contributed by atoms with Crippen LogP contribution in [0.1, 0.15) is 53.4 Å². The molecule has 0 saturated heterocycles. The van der Waals surface area contributed by atoms with Crippen molar-refractivity contribution in [2.24, 2.45) is 11.3 Å². The molecule has 0 radical (unpaired) electrons. The van der Waals surface area contributed by atoms with E-state index in [1.54, 1.807) is 0 Å². The minimum absolute atomic E-state index is 0.00370. The Morgan fingerprint density at radius 1 is 1.27 bits per heavy atom. The van der Waals surface area contributed by atoms with Crippen molar-refractivity contribution in [1.82, 2.24) is 0 Å². The Labute approximate surface area is 93.9 Å². The van der Waals surface area contributed by atoms with E-state index >= 15 is 0 Å². The molecule has 0 bridgehead atoms. The van der Waals surface area contributed by atoms with Crippen LogP contribution in [-0.2, 0) is 4.74 Å². The predicted octanol–water partition coefficient (Wildman–Crippen LogP) is 3.94. The van der Waals surface area contributed by atoms with Crippen molar-refractivity contribution in [3.63, 3.8) is 0 Å². The minimum Gasteiger partial charge on any atom is -0.372 e.